The van der Waals surface area contributed by atoms with Crippen molar-refractivity contribution in [2.24, 2.45) is 0 Å². The molecule has 0 aliphatic heterocycles. The maximum absolute atomic E-state index is 13.1. The Balaban J connectivity index is 2.27. The van der Waals surface area contributed by atoms with Gasteiger partial charge in [-0.25, -0.2) is 12.8 Å². The molecule has 0 heterocycles. The number of benzene rings is 2. The summed E-state index contributed by atoms with van der Waals surface area (Å²) in [7, 11) is -3.22. The van der Waals surface area contributed by atoms with Crippen LogP contribution in [0.5, 0.6) is 0 Å². The van der Waals surface area contributed by atoms with Crippen LogP contribution in [-0.4, -0.2) is 14.7 Å². The average Bonchev–Trinajstić information content (AvgIpc) is 2.33. The summed E-state index contributed by atoms with van der Waals surface area (Å²) >= 11 is 0. The molecule has 0 unspecified atom stereocenters. The lowest BCUT2D eigenvalue weighted by Gasteiger charge is -2.09. The fraction of sp³-hybridized carbons (Fsp3) is 0.0769. The van der Waals surface area contributed by atoms with Gasteiger partial charge in [-0.1, -0.05) is 0 Å². The molecular weight excluding hydrogens is 267 g/mol. The van der Waals surface area contributed by atoms with Crippen LogP contribution in [0.1, 0.15) is 0 Å². The number of halogens is 1. The lowest BCUT2D eigenvalue weighted by atomic mass is 10.2. The third kappa shape index (κ3) is 3.23. The van der Waals surface area contributed by atoms with Gasteiger partial charge in [-0.3, -0.25) is 0 Å². The highest BCUT2D eigenvalue weighted by molar-refractivity contribution is 7.90. The first-order valence-electron chi connectivity index (χ1n) is 5.48. The highest BCUT2D eigenvalue weighted by Gasteiger charge is 2.07. The van der Waals surface area contributed by atoms with Crippen LogP contribution in [0.2, 0.25) is 0 Å². The molecule has 6 heteroatoms. The van der Waals surface area contributed by atoms with Crippen LogP contribution in [0.4, 0.5) is 21.5 Å². The van der Waals surface area contributed by atoms with Gasteiger partial charge in [0.05, 0.1) is 16.3 Å². The van der Waals surface area contributed by atoms with Gasteiger partial charge in [0, 0.05) is 11.9 Å². The molecule has 0 saturated heterocycles. The summed E-state index contributed by atoms with van der Waals surface area (Å²) in [5.41, 5.74) is 7.19. The number of nitrogen functional groups attached to an aromatic ring is 1. The maximum atomic E-state index is 13.1. The van der Waals surface area contributed by atoms with Gasteiger partial charge in [0.2, 0.25) is 0 Å². The summed E-state index contributed by atoms with van der Waals surface area (Å²) in [6.07, 6.45) is 1.14. The third-order valence-corrected chi connectivity index (χ3v) is 3.71. The van der Waals surface area contributed by atoms with E-state index in [0.29, 0.717) is 17.1 Å². The molecule has 0 fully saturated rings. The monoisotopic (exact) mass is 280 g/mol. The normalized spacial score (nSPS) is 11.3. The zero-order valence-electron chi connectivity index (χ0n) is 10.2. The van der Waals surface area contributed by atoms with Crippen molar-refractivity contribution in [1.29, 1.82) is 0 Å². The van der Waals surface area contributed by atoms with Gasteiger partial charge in [-0.15, -0.1) is 0 Å². The second-order valence-electron chi connectivity index (χ2n) is 4.15. The van der Waals surface area contributed by atoms with Crippen molar-refractivity contribution >= 4 is 26.9 Å². The van der Waals surface area contributed by atoms with Gasteiger partial charge >= 0.3 is 0 Å². The summed E-state index contributed by atoms with van der Waals surface area (Å²) in [6, 6.07) is 10.2. The van der Waals surface area contributed by atoms with Crippen LogP contribution in [0, 0.1) is 5.82 Å². The smallest absolute Gasteiger partial charge is 0.175 e. The highest BCUT2D eigenvalue weighted by atomic mass is 32.2. The Morgan fingerprint density at radius 2 is 1.74 bits per heavy atom. The van der Waals surface area contributed by atoms with E-state index < -0.39 is 15.7 Å². The van der Waals surface area contributed by atoms with E-state index in [1.165, 1.54) is 30.3 Å². The molecule has 2 aromatic rings. The molecule has 0 atom stereocenters. The molecule has 3 N–H and O–H groups in total. The lowest BCUT2D eigenvalue weighted by molar-refractivity contribution is 0.602. The predicted molar refractivity (Wildman–Crippen MR) is 73.6 cm³/mol. The summed E-state index contributed by atoms with van der Waals surface area (Å²) < 4.78 is 35.7. The fourth-order valence-corrected chi connectivity index (χ4v) is 2.21. The largest absolute Gasteiger partial charge is 0.397 e. The van der Waals surface area contributed by atoms with Crippen LogP contribution in [0.3, 0.4) is 0 Å². The first-order chi connectivity index (χ1) is 8.86. The fourth-order valence-electron chi connectivity index (χ4n) is 1.58. The SMILES string of the molecule is CS(=O)(=O)c1ccc(Nc2cc(F)ccc2N)cc1. The van der Waals surface area contributed by atoms with Crippen molar-refractivity contribution in [2.45, 2.75) is 4.90 Å². The molecule has 2 aromatic carbocycles. The van der Waals surface area contributed by atoms with Crippen molar-refractivity contribution in [3.05, 3.63) is 48.3 Å². The van der Waals surface area contributed by atoms with E-state index in [2.05, 4.69) is 5.32 Å². The minimum atomic E-state index is -3.22. The van der Waals surface area contributed by atoms with Crippen molar-refractivity contribution in [3.63, 3.8) is 0 Å². The molecule has 0 aliphatic rings. The number of sulfone groups is 1. The van der Waals surface area contributed by atoms with Crippen LogP contribution < -0.4 is 11.1 Å². The Bertz CT molecular complexity index is 697. The minimum Gasteiger partial charge on any atom is -0.397 e. The Hall–Kier alpha value is -2.08. The van der Waals surface area contributed by atoms with Gasteiger partial charge in [-0.2, -0.15) is 0 Å². The third-order valence-electron chi connectivity index (χ3n) is 2.58. The Kier molecular flexibility index (Phi) is 3.44. The topological polar surface area (TPSA) is 72.2 Å². The van der Waals surface area contributed by atoms with E-state index in [-0.39, 0.29) is 4.90 Å². The number of hydrogen-bond acceptors (Lipinski definition) is 4. The Morgan fingerprint density at radius 3 is 2.32 bits per heavy atom. The van der Waals surface area contributed by atoms with Gasteiger partial charge < -0.3 is 11.1 Å². The maximum Gasteiger partial charge on any atom is 0.175 e. The summed E-state index contributed by atoms with van der Waals surface area (Å²) in [6.45, 7) is 0. The summed E-state index contributed by atoms with van der Waals surface area (Å²) in [5.74, 6) is -0.399. The summed E-state index contributed by atoms with van der Waals surface area (Å²) in [5, 5.41) is 2.93. The van der Waals surface area contributed by atoms with E-state index >= 15 is 0 Å². The zero-order valence-corrected chi connectivity index (χ0v) is 11.0. The van der Waals surface area contributed by atoms with Crippen LogP contribution >= 0.6 is 0 Å². The van der Waals surface area contributed by atoms with Crippen LogP contribution in [0.25, 0.3) is 0 Å². The molecule has 0 aliphatic carbocycles. The van der Waals surface area contributed by atoms with Gasteiger partial charge in [0.15, 0.2) is 9.84 Å². The number of nitrogens with two attached hydrogens (primary N) is 1. The molecule has 0 spiro atoms. The average molecular weight is 280 g/mol. The standard InChI is InChI=1S/C13H13FN2O2S/c1-19(17,18)11-5-3-10(4-6-11)16-13-8-9(14)2-7-12(13)15/h2-8,16H,15H2,1H3. The number of anilines is 3. The number of rotatable bonds is 3. The van der Waals surface area contributed by atoms with Crippen molar-refractivity contribution in [2.75, 3.05) is 17.3 Å². The van der Waals surface area contributed by atoms with Crippen molar-refractivity contribution in [1.82, 2.24) is 0 Å². The molecule has 0 saturated carbocycles. The van der Waals surface area contributed by atoms with Crippen LogP contribution in [0.15, 0.2) is 47.4 Å². The van der Waals surface area contributed by atoms with E-state index in [1.807, 2.05) is 0 Å². The van der Waals surface area contributed by atoms with Gasteiger partial charge in [-0.05, 0) is 42.5 Å². The first kappa shape index (κ1) is 13.4. The van der Waals surface area contributed by atoms with Crippen molar-refractivity contribution < 1.29 is 12.8 Å². The lowest BCUT2D eigenvalue weighted by Crippen LogP contribution is -1.99. The second-order valence-corrected chi connectivity index (χ2v) is 6.17. The molecule has 0 bridgehead atoms. The molecule has 0 aromatic heterocycles. The van der Waals surface area contributed by atoms with E-state index in [0.717, 1.165) is 6.26 Å². The quantitative estimate of drug-likeness (QED) is 0.848. The molecule has 0 radical (unpaired) electrons. The number of hydrogen-bond donors (Lipinski definition) is 2. The zero-order chi connectivity index (χ0) is 14.0. The van der Waals surface area contributed by atoms with E-state index in [1.54, 1.807) is 12.1 Å². The minimum absolute atomic E-state index is 0.227. The molecule has 4 nitrogen and oxygen atoms in total. The van der Waals surface area contributed by atoms with E-state index in [9.17, 15) is 12.8 Å². The van der Waals surface area contributed by atoms with Gasteiger partial charge in [0.1, 0.15) is 5.82 Å². The van der Waals surface area contributed by atoms with Gasteiger partial charge in [0.25, 0.3) is 0 Å². The molecule has 0 amide bonds. The summed E-state index contributed by atoms with van der Waals surface area (Å²) in [4.78, 5) is 0.227. The molecule has 100 valence electrons. The highest BCUT2D eigenvalue weighted by Crippen LogP contribution is 2.24. The molecular formula is C13H13FN2O2S. The predicted octanol–water partition coefficient (Wildman–Crippen LogP) is 2.56. The number of nitrogens with one attached hydrogen (secondary N) is 1. The first-order valence-corrected chi connectivity index (χ1v) is 7.37. The van der Waals surface area contributed by atoms with Crippen LogP contribution in [-0.2, 0) is 9.84 Å². The van der Waals surface area contributed by atoms with E-state index in [4.69, 9.17) is 5.73 Å². The Morgan fingerprint density at radius 1 is 1.11 bits per heavy atom. The second kappa shape index (κ2) is 4.89. The molecule has 19 heavy (non-hydrogen) atoms. The van der Waals surface area contributed by atoms with Crippen molar-refractivity contribution in [3.8, 4) is 0 Å². The Labute approximate surface area is 111 Å². The molecule has 2 rings (SSSR count).